The molecule has 0 unspecified atom stereocenters. The zero-order valence-corrected chi connectivity index (χ0v) is 23.2. The fourth-order valence-electron chi connectivity index (χ4n) is 3.20. The lowest BCUT2D eigenvalue weighted by Crippen LogP contribution is -2.37. The van der Waals surface area contributed by atoms with Crippen LogP contribution in [0.25, 0.3) is 0 Å². The van der Waals surface area contributed by atoms with Gasteiger partial charge in [0.05, 0.1) is 27.0 Å². The van der Waals surface area contributed by atoms with Crippen molar-refractivity contribution in [3.8, 4) is 0 Å². The molecule has 35 heavy (non-hydrogen) atoms. The molecule has 3 rings (SSSR count). The number of nitrogens with one attached hydrogen (secondary N) is 1. The summed E-state index contributed by atoms with van der Waals surface area (Å²) in [6.07, 6.45) is 5.13. The third kappa shape index (κ3) is 7.87. The zero-order valence-electron chi connectivity index (χ0n) is 20.9. The maximum absolute atomic E-state index is 12.2. The van der Waals surface area contributed by atoms with Crippen LogP contribution in [0.5, 0.6) is 0 Å². The molecule has 3 N–H and O–H groups in total. The van der Waals surface area contributed by atoms with Gasteiger partial charge in [0, 0.05) is 42.5 Å². The van der Waals surface area contributed by atoms with Crippen LogP contribution in [0.15, 0.2) is 42.9 Å². The molecule has 9 heteroatoms. The highest BCUT2D eigenvalue weighted by atomic mass is 35.5. The minimum atomic E-state index is -0.408. The van der Waals surface area contributed by atoms with E-state index in [2.05, 4.69) is 20.3 Å². The van der Waals surface area contributed by atoms with Crippen molar-refractivity contribution in [1.29, 1.82) is 0 Å². The number of amides is 1. The molecule has 3 aromatic heterocycles. The topological polar surface area (TPSA) is 93.8 Å². The Balaban J connectivity index is 0.000000283. The Kier molecular flexibility index (Phi) is 10.0. The summed E-state index contributed by atoms with van der Waals surface area (Å²) in [5.41, 5.74) is 9.13. The summed E-state index contributed by atoms with van der Waals surface area (Å²) in [6.45, 7) is 12.9. The number of carbonyl (C=O) groups is 1. The third-order valence-corrected chi connectivity index (χ3v) is 6.32. The summed E-state index contributed by atoms with van der Waals surface area (Å²) in [5.74, 6) is -0.269. The van der Waals surface area contributed by atoms with Crippen molar-refractivity contribution >= 4 is 40.7 Å². The summed E-state index contributed by atoms with van der Waals surface area (Å²) < 4.78 is 0. The van der Waals surface area contributed by atoms with Crippen LogP contribution in [0.2, 0.25) is 15.2 Å². The second-order valence-corrected chi connectivity index (χ2v) is 10.9. The molecule has 0 aliphatic heterocycles. The summed E-state index contributed by atoms with van der Waals surface area (Å²) in [5, 5.41) is 4.34. The van der Waals surface area contributed by atoms with Gasteiger partial charge < -0.3 is 11.1 Å². The molecule has 0 atom stereocenters. The van der Waals surface area contributed by atoms with Gasteiger partial charge in [-0.3, -0.25) is 14.8 Å². The normalized spacial score (nSPS) is 11.5. The van der Waals surface area contributed by atoms with E-state index in [1.807, 2.05) is 59.9 Å². The maximum Gasteiger partial charge on any atom is 0.254 e. The second kappa shape index (κ2) is 12.1. The Labute approximate surface area is 222 Å². The van der Waals surface area contributed by atoms with Gasteiger partial charge in [0.1, 0.15) is 5.15 Å². The van der Waals surface area contributed by atoms with Gasteiger partial charge in [0.25, 0.3) is 5.91 Å². The van der Waals surface area contributed by atoms with Gasteiger partial charge in [-0.15, -0.1) is 0 Å². The van der Waals surface area contributed by atoms with E-state index in [0.29, 0.717) is 28.7 Å². The van der Waals surface area contributed by atoms with Gasteiger partial charge in [-0.25, -0.2) is 4.98 Å². The molecule has 0 saturated carbocycles. The molecular weight excluding hydrogens is 505 g/mol. The number of carbonyl (C=O) groups excluding carboxylic acids is 1. The first-order valence-corrected chi connectivity index (χ1v) is 12.3. The lowest BCUT2D eigenvalue weighted by Gasteiger charge is -2.25. The maximum atomic E-state index is 12.2. The highest BCUT2D eigenvalue weighted by Gasteiger charge is 2.26. The first-order chi connectivity index (χ1) is 16.3. The lowest BCUT2D eigenvalue weighted by atomic mass is 9.88. The lowest BCUT2D eigenvalue weighted by molar-refractivity contribution is 0.0945. The number of nitrogens with zero attached hydrogens (tertiary/aromatic N) is 3. The van der Waals surface area contributed by atoms with E-state index in [1.165, 1.54) is 0 Å². The molecule has 1 amide bonds. The Bertz CT molecular complexity index is 1180. The van der Waals surface area contributed by atoms with Gasteiger partial charge >= 0.3 is 0 Å². The number of hydrogen-bond acceptors (Lipinski definition) is 5. The highest BCUT2D eigenvalue weighted by molar-refractivity contribution is 6.32. The number of nitrogens with two attached hydrogens (primary N) is 1. The minimum Gasteiger partial charge on any atom is -0.351 e. The average Bonchev–Trinajstić information content (AvgIpc) is 2.78. The van der Waals surface area contributed by atoms with E-state index < -0.39 is 5.41 Å². The Morgan fingerprint density at radius 1 is 0.914 bits per heavy atom. The van der Waals surface area contributed by atoms with Crippen molar-refractivity contribution in [3.05, 3.63) is 86.1 Å². The minimum absolute atomic E-state index is 0.148. The molecule has 0 aliphatic rings. The molecular formula is C26H32Cl3N5O. The van der Waals surface area contributed by atoms with Gasteiger partial charge in [-0.05, 0) is 49.2 Å². The molecule has 0 bridgehead atoms. The van der Waals surface area contributed by atoms with Gasteiger partial charge in [-0.2, -0.15) is 0 Å². The third-order valence-electron chi connectivity index (χ3n) is 5.44. The molecule has 0 saturated heterocycles. The predicted octanol–water partition coefficient (Wildman–Crippen LogP) is 6.08. The zero-order chi connectivity index (χ0) is 26.4. The van der Waals surface area contributed by atoms with E-state index in [4.69, 9.17) is 40.5 Å². The molecule has 6 nitrogen and oxygen atoms in total. The van der Waals surface area contributed by atoms with Crippen molar-refractivity contribution < 1.29 is 4.79 Å². The van der Waals surface area contributed by atoms with Crippen molar-refractivity contribution in [3.63, 3.8) is 0 Å². The molecule has 3 heterocycles. The highest BCUT2D eigenvalue weighted by Crippen LogP contribution is 2.28. The van der Waals surface area contributed by atoms with E-state index in [-0.39, 0.29) is 16.5 Å². The van der Waals surface area contributed by atoms with E-state index in [1.54, 1.807) is 24.5 Å². The van der Waals surface area contributed by atoms with Crippen LogP contribution >= 0.6 is 34.8 Å². The van der Waals surface area contributed by atoms with Gasteiger partial charge in [-0.1, -0.05) is 62.5 Å². The fourth-order valence-corrected chi connectivity index (χ4v) is 4.35. The van der Waals surface area contributed by atoms with Gasteiger partial charge in [0.2, 0.25) is 0 Å². The van der Waals surface area contributed by atoms with Crippen LogP contribution in [0.4, 0.5) is 0 Å². The predicted molar refractivity (Wildman–Crippen MR) is 145 cm³/mol. The number of pyridine rings is 3. The average molecular weight is 537 g/mol. The van der Waals surface area contributed by atoms with Crippen molar-refractivity contribution in [2.24, 2.45) is 5.73 Å². The summed E-state index contributed by atoms with van der Waals surface area (Å²) >= 11 is 18.3. The van der Waals surface area contributed by atoms with E-state index in [9.17, 15) is 4.79 Å². The molecule has 0 aromatic carbocycles. The van der Waals surface area contributed by atoms with Crippen LogP contribution < -0.4 is 11.1 Å². The summed E-state index contributed by atoms with van der Waals surface area (Å²) in [7, 11) is 0. The van der Waals surface area contributed by atoms with Crippen molar-refractivity contribution in [2.45, 2.75) is 52.4 Å². The van der Waals surface area contributed by atoms with Crippen LogP contribution in [0, 0.1) is 13.8 Å². The van der Waals surface area contributed by atoms with Gasteiger partial charge in [0.15, 0.2) is 0 Å². The van der Waals surface area contributed by atoms with Crippen molar-refractivity contribution in [2.75, 3.05) is 13.1 Å². The number of hydrogen-bond donors (Lipinski definition) is 2. The quantitative estimate of drug-likeness (QED) is 0.372. The largest absolute Gasteiger partial charge is 0.351 e. The SMILES string of the molecule is Cc1cnc(C(C)(C)CN)c(Cl)c1.Cc1cnc(C(C)(C)CNC(=O)c2cccnc2Cl)c(Cl)c1. The van der Waals surface area contributed by atoms with E-state index in [0.717, 1.165) is 22.5 Å². The Morgan fingerprint density at radius 3 is 1.89 bits per heavy atom. The van der Waals surface area contributed by atoms with Crippen LogP contribution in [-0.4, -0.2) is 33.9 Å². The summed E-state index contributed by atoms with van der Waals surface area (Å²) in [6, 6.07) is 7.09. The Morgan fingerprint density at radius 2 is 1.43 bits per heavy atom. The number of aromatic nitrogens is 3. The van der Waals surface area contributed by atoms with Crippen LogP contribution in [0.3, 0.4) is 0 Å². The smallest absolute Gasteiger partial charge is 0.254 e. The Hall–Kier alpha value is -2.25. The molecule has 0 fully saturated rings. The number of halogens is 3. The molecule has 0 aliphatic carbocycles. The first-order valence-electron chi connectivity index (χ1n) is 11.1. The van der Waals surface area contributed by atoms with E-state index >= 15 is 0 Å². The molecule has 3 aromatic rings. The molecule has 188 valence electrons. The molecule has 0 radical (unpaired) electrons. The second-order valence-electron chi connectivity index (χ2n) is 9.68. The monoisotopic (exact) mass is 535 g/mol. The number of aryl methyl sites for hydroxylation is 2. The van der Waals surface area contributed by atoms with Crippen LogP contribution in [-0.2, 0) is 10.8 Å². The standard InChI is InChI=1S/C16H17Cl2N3O.C10H15ClN2/c1-10-7-12(17)13(20-8-10)16(2,3)9-21-15(22)11-5-4-6-19-14(11)18;1-7-4-8(11)9(13-5-7)10(2,3)6-12/h4-8H,9H2,1-3H3,(H,21,22);4-5H,6,12H2,1-3H3. The molecule has 0 spiro atoms. The fraction of sp³-hybridized carbons (Fsp3) is 0.385. The number of rotatable bonds is 6. The van der Waals surface area contributed by atoms with Crippen molar-refractivity contribution in [1.82, 2.24) is 20.3 Å². The summed E-state index contributed by atoms with van der Waals surface area (Å²) in [4.78, 5) is 24.8. The van der Waals surface area contributed by atoms with Crippen LogP contribution in [0.1, 0.15) is 60.6 Å². The first kappa shape index (κ1) is 29.0.